The fraction of sp³-hybridized carbons (Fsp3) is 0.800. The van der Waals surface area contributed by atoms with Crippen molar-refractivity contribution in [2.45, 2.75) is 46.1 Å². The van der Waals surface area contributed by atoms with Crippen molar-refractivity contribution in [2.75, 3.05) is 6.54 Å². The molecule has 0 saturated carbocycles. The first kappa shape index (κ1) is 12.9. The predicted molar refractivity (Wildman–Crippen MR) is 54.0 cm³/mol. The molecule has 0 aromatic heterocycles. The van der Waals surface area contributed by atoms with Crippen LogP contribution in [-0.4, -0.2) is 34.5 Å². The molecule has 14 heavy (non-hydrogen) atoms. The van der Waals surface area contributed by atoms with Crippen molar-refractivity contribution < 1.29 is 14.7 Å². The van der Waals surface area contributed by atoms with Crippen LogP contribution < -0.4 is 0 Å². The van der Waals surface area contributed by atoms with Crippen LogP contribution in [0.15, 0.2) is 0 Å². The Kier molecular flexibility index (Phi) is 5.92. The van der Waals surface area contributed by atoms with Gasteiger partial charge in [-0.05, 0) is 12.8 Å². The zero-order valence-electron chi connectivity index (χ0n) is 9.12. The highest BCUT2D eigenvalue weighted by Gasteiger charge is 2.25. The Morgan fingerprint density at radius 2 is 1.86 bits per heavy atom. The lowest BCUT2D eigenvalue weighted by Gasteiger charge is -2.27. The molecule has 0 fully saturated rings. The van der Waals surface area contributed by atoms with E-state index in [2.05, 4.69) is 0 Å². The van der Waals surface area contributed by atoms with E-state index >= 15 is 0 Å². The molecule has 0 radical (unpaired) electrons. The highest BCUT2D eigenvalue weighted by atomic mass is 16.4. The third-order valence-corrected chi connectivity index (χ3v) is 2.09. The Labute approximate surface area is 84.9 Å². The van der Waals surface area contributed by atoms with Crippen LogP contribution in [0.2, 0.25) is 0 Å². The standard InChI is InChI=1S/C10H19NO3/c1-4-6-9(10(13)14)11(7-5-2)8(3)12/h9H,4-7H2,1-3H3,(H,13,14). The first-order chi connectivity index (χ1) is 6.54. The molecule has 0 aromatic carbocycles. The summed E-state index contributed by atoms with van der Waals surface area (Å²) in [5, 5.41) is 8.96. The predicted octanol–water partition coefficient (Wildman–Crippen LogP) is 1.50. The van der Waals surface area contributed by atoms with Crippen LogP contribution in [0.4, 0.5) is 0 Å². The fourth-order valence-corrected chi connectivity index (χ4v) is 1.46. The van der Waals surface area contributed by atoms with Gasteiger partial charge in [0.25, 0.3) is 0 Å². The molecular formula is C10H19NO3. The molecular weight excluding hydrogens is 182 g/mol. The molecule has 0 aromatic rings. The average molecular weight is 201 g/mol. The minimum atomic E-state index is -0.907. The second-order valence-corrected chi connectivity index (χ2v) is 3.36. The molecule has 0 bridgehead atoms. The zero-order chi connectivity index (χ0) is 11.1. The molecule has 4 nitrogen and oxygen atoms in total. The van der Waals surface area contributed by atoms with E-state index in [1.807, 2.05) is 13.8 Å². The average Bonchev–Trinajstić information content (AvgIpc) is 2.10. The summed E-state index contributed by atoms with van der Waals surface area (Å²) < 4.78 is 0. The van der Waals surface area contributed by atoms with E-state index in [9.17, 15) is 9.59 Å². The number of carbonyl (C=O) groups is 2. The number of hydrogen-bond acceptors (Lipinski definition) is 2. The van der Waals surface area contributed by atoms with Crippen molar-refractivity contribution in [1.29, 1.82) is 0 Å². The first-order valence-electron chi connectivity index (χ1n) is 5.04. The second kappa shape index (κ2) is 6.40. The van der Waals surface area contributed by atoms with Gasteiger partial charge >= 0.3 is 5.97 Å². The lowest BCUT2D eigenvalue weighted by molar-refractivity contribution is -0.149. The number of carbonyl (C=O) groups excluding carboxylic acids is 1. The van der Waals surface area contributed by atoms with E-state index in [0.717, 1.165) is 12.8 Å². The van der Waals surface area contributed by atoms with Crippen LogP contribution in [-0.2, 0) is 9.59 Å². The third-order valence-electron chi connectivity index (χ3n) is 2.09. The number of carboxylic acid groups (broad SMARTS) is 1. The number of nitrogens with zero attached hydrogens (tertiary/aromatic N) is 1. The number of rotatable bonds is 6. The van der Waals surface area contributed by atoms with Crippen molar-refractivity contribution in [3.63, 3.8) is 0 Å². The number of carboxylic acids is 1. The first-order valence-corrected chi connectivity index (χ1v) is 5.04. The molecule has 82 valence electrons. The minimum absolute atomic E-state index is 0.160. The summed E-state index contributed by atoms with van der Waals surface area (Å²) in [7, 11) is 0. The van der Waals surface area contributed by atoms with E-state index in [0.29, 0.717) is 13.0 Å². The van der Waals surface area contributed by atoms with E-state index in [4.69, 9.17) is 5.11 Å². The monoisotopic (exact) mass is 201 g/mol. The van der Waals surface area contributed by atoms with Gasteiger partial charge in [-0.2, -0.15) is 0 Å². The highest BCUT2D eigenvalue weighted by molar-refractivity contribution is 5.82. The summed E-state index contributed by atoms with van der Waals surface area (Å²) in [6, 6.07) is -0.655. The molecule has 0 rings (SSSR count). The lowest BCUT2D eigenvalue weighted by atomic mass is 10.1. The molecule has 0 aliphatic rings. The highest BCUT2D eigenvalue weighted by Crippen LogP contribution is 2.08. The summed E-state index contributed by atoms with van der Waals surface area (Å²) in [5.74, 6) is -1.07. The van der Waals surface area contributed by atoms with Crippen LogP contribution >= 0.6 is 0 Å². The van der Waals surface area contributed by atoms with Gasteiger partial charge in [-0.15, -0.1) is 0 Å². The Hall–Kier alpha value is -1.06. The minimum Gasteiger partial charge on any atom is -0.480 e. The molecule has 1 amide bonds. The van der Waals surface area contributed by atoms with Crippen molar-refractivity contribution in [1.82, 2.24) is 4.90 Å². The van der Waals surface area contributed by atoms with Gasteiger partial charge in [0.1, 0.15) is 6.04 Å². The Morgan fingerprint density at radius 1 is 1.29 bits per heavy atom. The van der Waals surface area contributed by atoms with Crippen molar-refractivity contribution >= 4 is 11.9 Å². The van der Waals surface area contributed by atoms with Gasteiger partial charge in [0, 0.05) is 13.5 Å². The van der Waals surface area contributed by atoms with Gasteiger partial charge < -0.3 is 10.0 Å². The van der Waals surface area contributed by atoms with Crippen LogP contribution in [0.25, 0.3) is 0 Å². The van der Waals surface area contributed by atoms with Crippen LogP contribution in [0.1, 0.15) is 40.0 Å². The molecule has 0 spiro atoms. The van der Waals surface area contributed by atoms with Crippen LogP contribution in [0.3, 0.4) is 0 Å². The summed E-state index contributed by atoms with van der Waals surface area (Å²) in [6.07, 6.45) is 2.08. The molecule has 0 aliphatic heterocycles. The van der Waals surface area contributed by atoms with Crippen LogP contribution in [0.5, 0.6) is 0 Å². The summed E-state index contributed by atoms with van der Waals surface area (Å²) in [5.41, 5.74) is 0. The summed E-state index contributed by atoms with van der Waals surface area (Å²) in [4.78, 5) is 23.6. The van der Waals surface area contributed by atoms with Gasteiger partial charge in [-0.25, -0.2) is 4.79 Å². The number of amides is 1. The van der Waals surface area contributed by atoms with Gasteiger partial charge in [-0.1, -0.05) is 20.3 Å². The van der Waals surface area contributed by atoms with Gasteiger partial charge in [-0.3, -0.25) is 4.79 Å². The SMILES string of the molecule is CCCC(C(=O)O)N(CCC)C(C)=O. The molecule has 0 aliphatic carbocycles. The quantitative estimate of drug-likeness (QED) is 0.708. The number of hydrogen-bond donors (Lipinski definition) is 1. The molecule has 0 heterocycles. The van der Waals surface area contributed by atoms with Gasteiger partial charge in [0.2, 0.25) is 5.91 Å². The van der Waals surface area contributed by atoms with E-state index in [-0.39, 0.29) is 5.91 Å². The van der Waals surface area contributed by atoms with E-state index < -0.39 is 12.0 Å². The largest absolute Gasteiger partial charge is 0.480 e. The molecule has 1 unspecified atom stereocenters. The Morgan fingerprint density at radius 3 is 2.14 bits per heavy atom. The summed E-state index contributed by atoms with van der Waals surface area (Å²) in [6.45, 7) is 5.79. The smallest absolute Gasteiger partial charge is 0.326 e. The fourth-order valence-electron chi connectivity index (χ4n) is 1.46. The lowest BCUT2D eigenvalue weighted by Crippen LogP contribution is -2.44. The third kappa shape index (κ3) is 3.77. The van der Waals surface area contributed by atoms with Gasteiger partial charge in [0.05, 0.1) is 0 Å². The molecule has 1 atom stereocenters. The van der Waals surface area contributed by atoms with Gasteiger partial charge in [0.15, 0.2) is 0 Å². The van der Waals surface area contributed by atoms with E-state index in [1.54, 1.807) is 0 Å². The normalized spacial score (nSPS) is 12.2. The topological polar surface area (TPSA) is 57.6 Å². The van der Waals surface area contributed by atoms with Crippen molar-refractivity contribution in [2.24, 2.45) is 0 Å². The maximum Gasteiger partial charge on any atom is 0.326 e. The Balaban J connectivity index is 4.54. The zero-order valence-corrected chi connectivity index (χ0v) is 9.12. The second-order valence-electron chi connectivity index (χ2n) is 3.36. The van der Waals surface area contributed by atoms with Crippen molar-refractivity contribution in [3.8, 4) is 0 Å². The molecule has 0 saturated heterocycles. The van der Waals surface area contributed by atoms with E-state index in [1.165, 1.54) is 11.8 Å². The maximum absolute atomic E-state index is 11.2. The summed E-state index contributed by atoms with van der Waals surface area (Å²) >= 11 is 0. The Bertz CT molecular complexity index is 182. The van der Waals surface area contributed by atoms with Crippen molar-refractivity contribution in [3.05, 3.63) is 0 Å². The molecule has 1 N–H and O–H groups in total. The number of aliphatic carboxylic acids is 1. The molecule has 4 heteroatoms. The van der Waals surface area contributed by atoms with Crippen LogP contribution in [0, 0.1) is 0 Å². The maximum atomic E-state index is 11.2.